The van der Waals surface area contributed by atoms with Gasteiger partial charge < -0.3 is 15.4 Å². The first-order valence-corrected chi connectivity index (χ1v) is 5.63. The predicted molar refractivity (Wildman–Crippen MR) is 59.8 cm³/mol. The lowest BCUT2D eigenvalue weighted by molar-refractivity contribution is 0.112. The molecule has 0 aromatic rings. The molecule has 1 aliphatic rings. The highest BCUT2D eigenvalue weighted by Gasteiger charge is 2.18. The number of piperidine rings is 1. The molecule has 0 aliphatic carbocycles. The van der Waals surface area contributed by atoms with Crippen LogP contribution in [0, 0.1) is 5.92 Å². The summed E-state index contributed by atoms with van der Waals surface area (Å²) in [7, 11) is 0. The lowest BCUT2D eigenvalue weighted by Gasteiger charge is -2.24. The van der Waals surface area contributed by atoms with Gasteiger partial charge in [0, 0.05) is 18.0 Å². The first-order chi connectivity index (χ1) is 6.97. The highest BCUT2D eigenvalue weighted by molar-refractivity contribution is 5.68. The lowest BCUT2D eigenvalue weighted by atomic mass is 10.0. The van der Waals surface area contributed by atoms with Crippen molar-refractivity contribution in [1.29, 1.82) is 0 Å². The van der Waals surface area contributed by atoms with Crippen molar-refractivity contribution in [2.45, 2.75) is 39.2 Å². The van der Waals surface area contributed by atoms with Crippen molar-refractivity contribution in [2.24, 2.45) is 5.92 Å². The number of carbonyl (C=O) groups excluding carboxylic acids is 1. The second-order valence-corrected chi connectivity index (χ2v) is 5.19. The average molecular weight is 214 g/mol. The van der Waals surface area contributed by atoms with E-state index in [1.807, 2.05) is 20.8 Å². The van der Waals surface area contributed by atoms with Crippen molar-refractivity contribution in [3.63, 3.8) is 0 Å². The van der Waals surface area contributed by atoms with Crippen molar-refractivity contribution in [1.82, 2.24) is 10.6 Å². The number of carbonyl (C=O) groups is 1. The first-order valence-electron chi connectivity index (χ1n) is 5.63. The molecule has 0 spiro atoms. The second kappa shape index (κ2) is 5.35. The van der Waals surface area contributed by atoms with E-state index in [1.54, 1.807) is 0 Å². The van der Waals surface area contributed by atoms with E-state index in [0.29, 0.717) is 12.5 Å². The molecule has 0 unspecified atom stereocenters. The van der Waals surface area contributed by atoms with E-state index in [2.05, 4.69) is 10.6 Å². The van der Waals surface area contributed by atoms with Gasteiger partial charge in [-0.3, -0.25) is 0 Å². The molecule has 88 valence electrons. The fraction of sp³-hybridized carbons (Fsp3) is 0.909. The quantitative estimate of drug-likeness (QED) is 0.732. The molecule has 0 radical (unpaired) electrons. The molecule has 1 atom stereocenters. The van der Waals surface area contributed by atoms with Crippen molar-refractivity contribution in [3.05, 3.63) is 0 Å². The van der Waals surface area contributed by atoms with Gasteiger partial charge in [0.15, 0.2) is 0 Å². The summed E-state index contributed by atoms with van der Waals surface area (Å²) >= 11 is 0. The highest BCUT2D eigenvalue weighted by Crippen LogP contribution is 2.10. The maximum atomic E-state index is 11.3. The second-order valence-electron chi connectivity index (χ2n) is 5.19. The SMILES string of the molecule is CC(C)(C)NC(=O)OC[C@@H]1CCCNC1. The minimum absolute atomic E-state index is 0.220. The first kappa shape index (κ1) is 12.3. The Morgan fingerprint density at radius 2 is 2.27 bits per heavy atom. The van der Waals surface area contributed by atoms with Crippen LogP contribution < -0.4 is 10.6 Å². The van der Waals surface area contributed by atoms with Crippen LogP contribution in [0.5, 0.6) is 0 Å². The van der Waals surface area contributed by atoms with E-state index in [4.69, 9.17) is 4.74 Å². The monoisotopic (exact) mass is 214 g/mol. The zero-order chi connectivity index (χ0) is 11.3. The van der Waals surface area contributed by atoms with E-state index in [0.717, 1.165) is 19.5 Å². The summed E-state index contributed by atoms with van der Waals surface area (Å²) < 4.78 is 5.17. The Labute approximate surface area is 91.8 Å². The third-order valence-electron chi connectivity index (χ3n) is 2.33. The van der Waals surface area contributed by atoms with Gasteiger partial charge in [0.1, 0.15) is 0 Å². The zero-order valence-corrected chi connectivity index (χ0v) is 9.93. The van der Waals surface area contributed by atoms with Crippen LogP contribution in [0.15, 0.2) is 0 Å². The van der Waals surface area contributed by atoms with Crippen LogP contribution in [0.4, 0.5) is 4.79 Å². The van der Waals surface area contributed by atoms with Crippen LogP contribution in [0.1, 0.15) is 33.6 Å². The van der Waals surface area contributed by atoms with Gasteiger partial charge in [-0.15, -0.1) is 0 Å². The van der Waals surface area contributed by atoms with Gasteiger partial charge in [0.2, 0.25) is 0 Å². The maximum Gasteiger partial charge on any atom is 0.407 e. The Morgan fingerprint density at radius 3 is 2.80 bits per heavy atom. The van der Waals surface area contributed by atoms with Crippen LogP contribution in [-0.4, -0.2) is 31.3 Å². The normalized spacial score (nSPS) is 22.2. The molecule has 1 heterocycles. The smallest absolute Gasteiger partial charge is 0.407 e. The molecular formula is C11H22N2O2. The zero-order valence-electron chi connectivity index (χ0n) is 9.93. The van der Waals surface area contributed by atoms with Gasteiger partial charge in [0.05, 0.1) is 6.61 Å². The number of nitrogens with one attached hydrogen (secondary N) is 2. The summed E-state index contributed by atoms with van der Waals surface area (Å²) in [5.74, 6) is 0.476. The molecule has 0 aromatic heterocycles. The molecule has 4 heteroatoms. The van der Waals surface area contributed by atoms with E-state index >= 15 is 0 Å². The topological polar surface area (TPSA) is 50.4 Å². The molecular weight excluding hydrogens is 192 g/mol. The Bertz CT molecular complexity index is 205. The average Bonchev–Trinajstić information content (AvgIpc) is 2.14. The fourth-order valence-corrected chi connectivity index (χ4v) is 1.60. The van der Waals surface area contributed by atoms with E-state index in [9.17, 15) is 4.79 Å². The largest absolute Gasteiger partial charge is 0.449 e. The molecule has 1 saturated heterocycles. The van der Waals surface area contributed by atoms with Gasteiger partial charge in [-0.1, -0.05) is 0 Å². The molecule has 0 aromatic carbocycles. The number of ether oxygens (including phenoxy) is 1. The number of amides is 1. The number of hydrogen-bond donors (Lipinski definition) is 2. The van der Waals surface area contributed by atoms with Crippen molar-refractivity contribution < 1.29 is 9.53 Å². The molecule has 0 saturated carbocycles. The number of alkyl carbamates (subject to hydrolysis) is 1. The van der Waals surface area contributed by atoms with Crippen LogP contribution >= 0.6 is 0 Å². The summed E-state index contributed by atoms with van der Waals surface area (Å²) in [6.07, 6.45) is 2.01. The van der Waals surface area contributed by atoms with Gasteiger partial charge >= 0.3 is 6.09 Å². The minimum atomic E-state index is -0.312. The Morgan fingerprint density at radius 1 is 1.53 bits per heavy atom. The molecule has 0 bridgehead atoms. The molecule has 4 nitrogen and oxygen atoms in total. The van der Waals surface area contributed by atoms with Crippen molar-refractivity contribution in [2.75, 3.05) is 19.7 Å². The van der Waals surface area contributed by atoms with Crippen molar-refractivity contribution in [3.8, 4) is 0 Å². The van der Waals surface area contributed by atoms with Crippen LogP contribution in [-0.2, 0) is 4.74 Å². The highest BCUT2D eigenvalue weighted by atomic mass is 16.5. The fourth-order valence-electron chi connectivity index (χ4n) is 1.60. The summed E-state index contributed by atoms with van der Waals surface area (Å²) in [6, 6.07) is 0. The molecule has 1 rings (SSSR count). The summed E-state index contributed by atoms with van der Waals surface area (Å²) in [4.78, 5) is 11.3. The van der Waals surface area contributed by atoms with Crippen LogP contribution in [0.3, 0.4) is 0 Å². The summed E-state index contributed by atoms with van der Waals surface area (Å²) in [5, 5.41) is 6.07. The standard InChI is InChI=1S/C11H22N2O2/c1-11(2,3)13-10(14)15-8-9-5-4-6-12-7-9/h9,12H,4-8H2,1-3H3,(H,13,14)/t9-/m1/s1. The van der Waals surface area contributed by atoms with Gasteiger partial charge in [-0.2, -0.15) is 0 Å². The molecule has 15 heavy (non-hydrogen) atoms. The Hall–Kier alpha value is -0.770. The number of rotatable bonds is 2. The van der Waals surface area contributed by atoms with Gasteiger partial charge in [-0.25, -0.2) is 4.79 Å². The van der Waals surface area contributed by atoms with E-state index in [1.165, 1.54) is 6.42 Å². The Balaban J connectivity index is 2.15. The molecule has 1 fully saturated rings. The van der Waals surface area contributed by atoms with E-state index in [-0.39, 0.29) is 11.6 Å². The van der Waals surface area contributed by atoms with Crippen LogP contribution in [0.25, 0.3) is 0 Å². The molecule has 1 amide bonds. The molecule has 2 N–H and O–H groups in total. The number of hydrogen-bond acceptors (Lipinski definition) is 3. The molecule has 1 aliphatic heterocycles. The minimum Gasteiger partial charge on any atom is -0.449 e. The van der Waals surface area contributed by atoms with Crippen LogP contribution in [0.2, 0.25) is 0 Å². The lowest BCUT2D eigenvalue weighted by Crippen LogP contribution is -2.42. The van der Waals surface area contributed by atoms with Gasteiger partial charge in [-0.05, 0) is 40.2 Å². The van der Waals surface area contributed by atoms with E-state index < -0.39 is 0 Å². The predicted octanol–water partition coefficient (Wildman–Crippen LogP) is 1.51. The summed E-state index contributed by atoms with van der Waals surface area (Å²) in [6.45, 7) is 8.39. The third-order valence-corrected chi connectivity index (χ3v) is 2.33. The van der Waals surface area contributed by atoms with Crippen molar-refractivity contribution >= 4 is 6.09 Å². The third kappa shape index (κ3) is 5.62. The summed E-state index contributed by atoms with van der Waals surface area (Å²) in [5.41, 5.74) is -0.220. The maximum absolute atomic E-state index is 11.3. The van der Waals surface area contributed by atoms with Gasteiger partial charge in [0.25, 0.3) is 0 Å². The Kier molecular flexibility index (Phi) is 4.39.